The van der Waals surface area contributed by atoms with E-state index in [1.54, 1.807) is 0 Å². The van der Waals surface area contributed by atoms with E-state index in [0.717, 1.165) is 52.7 Å². The zero-order valence-electron chi connectivity index (χ0n) is 13.6. The highest BCUT2D eigenvalue weighted by molar-refractivity contribution is 7.16. The number of hydrogen-bond acceptors (Lipinski definition) is 5. The van der Waals surface area contributed by atoms with Crippen LogP contribution in [0.15, 0.2) is 12.1 Å². The van der Waals surface area contributed by atoms with Crippen LogP contribution in [-0.2, 0) is 12.8 Å². The predicted octanol–water partition coefficient (Wildman–Crippen LogP) is 5.36. The van der Waals surface area contributed by atoms with Crippen LogP contribution in [0, 0.1) is 11.3 Å². The number of nitriles is 1. The average Bonchev–Trinajstić information content (AvgIpc) is 2.78. The number of urea groups is 1. The van der Waals surface area contributed by atoms with E-state index in [1.165, 1.54) is 23.5 Å². The molecule has 1 aliphatic carbocycles. The molecule has 26 heavy (non-hydrogen) atoms. The minimum Gasteiger partial charge on any atom is -0.304 e. The van der Waals surface area contributed by atoms with Crippen molar-refractivity contribution in [1.29, 1.82) is 5.26 Å². The zero-order chi connectivity index (χ0) is 18.4. The van der Waals surface area contributed by atoms with Gasteiger partial charge in [-0.2, -0.15) is 15.4 Å². The van der Waals surface area contributed by atoms with Gasteiger partial charge in [0.25, 0.3) is 0 Å². The van der Waals surface area contributed by atoms with E-state index in [9.17, 15) is 15.3 Å². The topological polar surface area (TPSA) is 79.6 Å². The summed E-state index contributed by atoms with van der Waals surface area (Å²) >= 11 is 13.4. The summed E-state index contributed by atoms with van der Waals surface area (Å²) in [7, 11) is 0. The molecule has 0 saturated heterocycles. The second-order valence-electron chi connectivity index (χ2n) is 6.17. The van der Waals surface area contributed by atoms with Crippen LogP contribution in [0.25, 0.3) is 0 Å². The van der Waals surface area contributed by atoms with E-state index in [2.05, 4.69) is 11.4 Å². The molecule has 4 rings (SSSR count). The Bertz CT molecular complexity index is 953. The lowest BCUT2D eigenvalue weighted by molar-refractivity contribution is 0.222. The number of fused-ring (bicyclic) bond motifs is 2. The molecule has 134 valence electrons. The fraction of sp³-hybridized carbons (Fsp3) is 0.294. The summed E-state index contributed by atoms with van der Waals surface area (Å²) in [5, 5.41) is 25.8. The van der Waals surface area contributed by atoms with Crippen molar-refractivity contribution in [3.8, 4) is 6.07 Å². The van der Waals surface area contributed by atoms with Crippen LogP contribution in [-0.4, -0.2) is 11.2 Å². The first-order valence-electron chi connectivity index (χ1n) is 8.15. The summed E-state index contributed by atoms with van der Waals surface area (Å²) in [6.45, 7) is 0. The summed E-state index contributed by atoms with van der Waals surface area (Å²) in [6.07, 6.45) is 4.90. The molecular weight excluding hydrogens is 395 g/mol. The van der Waals surface area contributed by atoms with E-state index in [4.69, 9.17) is 23.2 Å². The first-order valence-corrected chi connectivity index (χ1v) is 9.72. The van der Waals surface area contributed by atoms with Gasteiger partial charge in [-0.3, -0.25) is 5.21 Å². The quantitative estimate of drug-likeness (QED) is 0.622. The SMILES string of the molecule is N#Cc1c(N2C(=O)Nc3cc(Cl)c(Cl)cc3N2O)sc2c1CCCCC2. The molecule has 0 fully saturated rings. The second-order valence-corrected chi connectivity index (χ2v) is 8.07. The molecule has 0 atom stereocenters. The Morgan fingerprint density at radius 2 is 1.92 bits per heavy atom. The number of anilines is 3. The molecule has 1 aromatic carbocycles. The Morgan fingerprint density at radius 1 is 1.19 bits per heavy atom. The highest BCUT2D eigenvalue weighted by Gasteiger charge is 2.35. The van der Waals surface area contributed by atoms with E-state index in [1.807, 2.05) is 0 Å². The van der Waals surface area contributed by atoms with Crippen molar-refractivity contribution in [2.45, 2.75) is 32.1 Å². The maximum atomic E-state index is 12.6. The number of amides is 2. The van der Waals surface area contributed by atoms with E-state index < -0.39 is 6.03 Å². The van der Waals surface area contributed by atoms with Crippen molar-refractivity contribution in [3.05, 3.63) is 38.2 Å². The van der Waals surface area contributed by atoms with Crippen molar-refractivity contribution in [3.63, 3.8) is 0 Å². The maximum Gasteiger partial charge on any atom is 0.348 e. The van der Waals surface area contributed by atoms with Crippen LogP contribution >= 0.6 is 34.5 Å². The van der Waals surface area contributed by atoms with Crippen molar-refractivity contribution in [2.75, 3.05) is 15.5 Å². The first-order chi connectivity index (χ1) is 12.5. The van der Waals surface area contributed by atoms with E-state index >= 15 is 0 Å². The van der Waals surface area contributed by atoms with Gasteiger partial charge in [0.15, 0.2) is 0 Å². The lowest BCUT2D eigenvalue weighted by atomic mass is 10.1. The number of nitrogens with one attached hydrogen (secondary N) is 1. The predicted molar refractivity (Wildman–Crippen MR) is 103 cm³/mol. The molecule has 0 spiro atoms. The molecule has 2 aliphatic rings. The van der Waals surface area contributed by atoms with E-state index in [0.29, 0.717) is 16.3 Å². The highest BCUT2D eigenvalue weighted by atomic mass is 35.5. The summed E-state index contributed by atoms with van der Waals surface area (Å²) in [4.78, 5) is 13.8. The third-order valence-corrected chi connectivity index (χ3v) is 6.57. The molecule has 9 heteroatoms. The lowest BCUT2D eigenvalue weighted by Crippen LogP contribution is -2.51. The van der Waals surface area contributed by atoms with Gasteiger partial charge in [0.05, 0.1) is 21.3 Å². The standard InChI is InChI=1S/C17H14Cl2N4O2S/c18-11-6-13-14(7-12(11)19)23(25)22(17(24)21-13)16-10(8-20)9-4-2-1-3-5-15(9)26-16/h6-7,25H,1-5H2,(H,21,24). The number of rotatable bonds is 1. The van der Waals surface area contributed by atoms with Gasteiger partial charge in [-0.25, -0.2) is 4.79 Å². The molecule has 6 nitrogen and oxygen atoms in total. The number of carbonyl (C=O) groups is 1. The molecular formula is C17H14Cl2N4O2S. The number of hydrogen-bond donors (Lipinski definition) is 2. The number of thiophene rings is 1. The summed E-state index contributed by atoms with van der Waals surface area (Å²) in [5.41, 5.74) is 2.07. The molecule has 2 amide bonds. The molecule has 2 N–H and O–H groups in total. The number of nitrogens with zero attached hydrogens (tertiary/aromatic N) is 3. The lowest BCUT2D eigenvalue weighted by Gasteiger charge is -2.35. The average molecular weight is 409 g/mol. The third kappa shape index (κ3) is 2.70. The van der Waals surface area contributed by atoms with Crippen LogP contribution in [0.5, 0.6) is 0 Å². The fourth-order valence-electron chi connectivity index (χ4n) is 3.33. The third-order valence-electron chi connectivity index (χ3n) is 4.58. The Balaban J connectivity index is 1.82. The molecule has 0 unspecified atom stereocenters. The van der Waals surface area contributed by atoms with Crippen LogP contribution in [0.2, 0.25) is 10.0 Å². The molecule has 0 bridgehead atoms. The van der Waals surface area contributed by atoms with Crippen molar-refractivity contribution >= 4 is 56.9 Å². The largest absolute Gasteiger partial charge is 0.348 e. The molecule has 2 aromatic rings. The maximum absolute atomic E-state index is 12.6. The van der Waals surface area contributed by atoms with Crippen molar-refractivity contribution in [1.82, 2.24) is 0 Å². The van der Waals surface area contributed by atoms with Gasteiger partial charge >= 0.3 is 6.03 Å². The molecule has 1 aliphatic heterocycles. The van der Waals surface area contributed by atoms with Crippen LogP contribution in [0.4, 0.5) is 21.2 Å². The van der Waals surface area contributed by atoms with Crippen molar-refractivity contribution < 1.29 is 10.0 Å². The van der Waals surface area contributed by atoms with E-state index in [-0.39, 0.29) is 15.7 Å². The fourth-order valence-corrected chi connectivity index (χ4v) is 4.98. The number of carbonyl (C=O) groups excluding carboxylic acids is 1. The zero-order valence-corrected chi connectivity index (χ0v) is 15.9. The monoisotopic (exact) mass is 408 g/mol. The summed E-state index contributed by atoms with van der Waals surface area (Å²) < 4.78 is 0. The second kappa shape index (κ2) is 6.63. The van der Waals surface area contributed by atoms with Gasteiger partial charge in [0.1, 0.15) is 16.8 Å². The van der Waals surface area contributed by atoms with Gasteiger partial charge in [0.2, 0.25) is 0 Å². The minimum atomic E-state index is -0.564. The van der Waals surface area contributed by atoms with Gasteiger partial charge in [-0.05, 0) is 43.4 Å². The number of halogens is 2. The van der Waals surface area contributed by atoms with Crippen molar-refractivity contribution in [2.24, 2.45) is 0 Å². The van der Waals surface area contributed by atoms with Gasteiger partial charge in [0, 0.05) is 4.88 Å². The normalized spacial score (nSPS) is 16.5. The number of aryl methyl sites for hydroxylation is 1. The van der Waals surface area contributed by atoms with Crippen LogP contribution in [0.1, 0.15) is 35.3 Å². The van der Waals surface area contributed by atoms with Gasteiger partial charge in [-0.15, -0.1) is 11.3 Å². The Kier molecular flexibility index (Phi) is 4.45. The van der Waals surface area contributed by atoms with Crippen LogP contribution < -0.4 is 15.5 Å². The minimum absolute atomic E-state index is 0.253. The molecule has 1 aromatic heterocycles. The Labute approximate surface area is 164 Å². The van der Waals surface area contributed by atoms with Gasteiger partial charge < -0.3 is 5.32 Å². The Morgan fingerprint density at radius 3 is 2.69 bits per heavy atom. The van der Waals surface area contributed by atoms with Crippen LogP contribution in [0.3, 0.4) is 0 Å². The van der Waals surface area contributed by atoms with Gasteiger partial charge in [-0.1, -0.05) is 29.6 Å². The number of benzene rings is 1. The molecule has 0 radical (unpaired) electrons. The smallest absolute Gasteiger partial charge is 0.304 e. The first kappa shape index (κ1) is 17.4. The summed E-state index contributed by atoms with van der Waals surface area (Å²) in [6, 6.07) is 4.60. The highest BCUT2D eigenvalue weighted by Crippen LogP contribution is 2.44. The molecule has 2 heterocycles. The molecule has 0 saturated carbocycles. The summed E-state index contributed by atoms with van der Waals surface area (Å²) in [5.74, 6) is 0. The Hall–Kier alpha value is -1.98. The number of hydrazine groups is 1.